The zero-order valence-corrected chi connectivity index (χ0v) is 12.9. The van der Waals surface area contributed by atoms with E-state index >= 15 is 0 Å². The van der Waals surface area contributed by atoms with Gasteiger partial charge in [0.05, 0.1) is 26.4 Å². The number of thiocarbonyl (C=S) groups is 1. The Kier molecular flexibility index (Phi) is 6.11. The molecular weight excluding hydrogens is 284 g/mol. The van der Waals surface area contributed by atoms with Crippen LogP contribution in [-0.2, 0) is 9.47 Å². The van der Waals surface area contributed by atoms with E-state index in [0.717, 1.165) is 5.56 Å². The highest BCUT2D eigenvalue weighted by Crippen LogP contribution is 2.32. The van der Waals surface area contributed by atoms with E-state index in [1.807, 2.05) is 13.8 Å². The zero-order valence-electron chi connectivity index (χ0n) is 11.3. The van der Waals surface area contributed by atoms with Gasteiger partial charge >= 0.3 is 5.97 Å². The number of hydrogen-bond donors (Lipinski definition) is 0. The standard InChI is InChI=1S/C13H16O4S2/c1-5-17-13(18)19-10-7-9(15-3)6-8(2)11(10)12(14)16-4/h6-7H,5H2,1-4H3. The van der Waals surface area contributed by atoms with Gasteiger partial charge in [-0.15, -0.1) is 0 Å². The molecule has 0 aliphatic rings. The average Bonchev–Trinajstić information content (AvgIpc) is 2.37. The summed E-state index contributed by atoms with van der Waals surface area (Å²) in [4.78, 5) is 12.5. The van der Waals surface area contributed by atoms with Gasteiger partial charge in [-0.1, -0.05) is 0 Å². The first-order valence-electron chi connectivity index (χ1n) is 5.65. The largest absolute Gasteiger partial charge is 0.497 e. The van der Waals surface area contributed by atoms with E-state index in [0.29, 0.717) is 27.2 Å². The van der Waals surface area contributed by atoms with Crippen molar-refractivity contribution in [2.24, 2.45) is 0 Å². The summed E-state index contributed by atoms with van der Waals surface area (Å²) in [5.41, 5.74) is 1.25. The average molecular weight is 300 g/mol. The van der Waals surface area contributed by atoms with Gasteiger partial charge in [0.15, 0.2) is 0 Å². The van der Waals surface area contributed by atoms with Crippen LogP contribution < -0.4 is 4.74 Å². The Bertz CT molecular complexity index is 486. The van der Waals surface area contributed by atoms with Crippen LogP contribution in [0.5, 0.6) is 5.75 Å². The highest BCUT2D eigenvalue weighted by atomic mass is 32.2. The Balaban J connectivity index is 3.20. The molecule has 0 heterocycles. The minimum absolute atomic E-state index is 0.361. The monoisotopic (exact) mass is 300 g/mol. The summed E-state index contributed by atoms with van der Waals surface area (Å²) in [6.45, 7) is 4.16. The van der Waals surface area contributed by atoms with Crippen molar-refractivity contribution >= 4 is 34.3 Å². The van der Waals surface area contributed by atoms with E-state index in [4.69, 9.17) is 26.4 Å². The molecule has 0 fully saturated rings. The van der Waals surface area contributed by atoms with E-state index in [1.165, 1.54) is 18.9 Å². The van der Waals surface area contributed by atoms with E-state index in [2.05, 4.69) is 0 Å². The predicted molar refractivity (Wildman–Crippen MR) is 79.2 cm³/mol. The molecule has 0 amide bonds. The lowest BCUT2D eigenvalue weighted by Crippen LogP contribution is -2.07. The quantitative estimate of drug-likeness (QED) is 0.483. The molecule has 0 aliphatic carbocycles. The third-order valence-electron chi connectivity index (χ3n) is 2.35. The van der Waals surface area contributed by atoms with Gasteiger partial charge in [-0.3, -0.25) is 0 Å². The number of benzene rings is 1. The van der Waals surface area contributed by atoms with Crippen LogP contribution in [0.25, 0.3) is 0 Å². The Morgan fingerprint density at radius 1 is 1.37 bits per heavy atom. The summed E-state index contributed by atoms with van der Waals surface area (Å²) in [7, 11) is 2.92. The molecule has 1 aromatic rings. The van der Waals surface area contributed by atoms with Gasteiger partial charge in [0.25, 0.3) is 0 Å². The van der Waals surface area contributed by atoms with Crippen molar-refractivity contribution in [2.45, 2.75) is 18.7 Å². The van der Waals surface area contributed by atoms with Crippen molar-refractivity contribution in [3.63, 3.8) is 0 Å². The molecule has 0 bridgehead atoms. The number of thioether (sulfide) groups is 1. The molecule has 1 aromatic carbocycles. The van der Waals surface area contributed by atoms with E-state index in [-0.39, 0.29) is 0 Å². The second kappa shape index (κ2) is 7.35. The van der Waals surface area contributed by atoms with Crippen LogP contribution in [0.1, 0.15) is 22.8 Å². The lowest BCUT2D eigenvalue weighted by Gasteiger charge is -2.13. The molecule has 0 unspecified atom stereocenters. The van der Waals surface area contributed by atoms with Crippen LogP contribution in [0.4, 0.5) is 0 Å². The Hall–Kier alpha value is -1.27. The number of methoxy groups -OCH3 is 2. The van der Waals surface area contributed by atoms with Crippen LogP contribution >= 0.6 is 24.0 Å². The van der Waals surface area contributed by atoms with E-state index < -0.39 is 5.97 Å². The third kappa shape index (κ3) is 4.11. The maximum Gasteiger partial charge on any atom is 0.339 e. The molecule has 0 radical (unpaired) electrons. The van der Waals surface area contributed by atoms with Crippen LogP contribution in [0.15, 0.2) is 17.0 Å². The second-order valence-electron chi connectivity index (χ2n) is 3.59. The number of rotatable bonds is 4. The Morgan fingerprint density at radius 2 is 2.05 bits per heavy atom. The minimum atomic E-state index is -0.401. The van der Waals surface area contributed by atoms with Crippen molar-refractivity contribution in [1.82, 2.24) is 0 Å². The molecule has 6 heteroatoms. The Labute approximate surface area is 122 Å². The maximum atomic E-state index is 11.8. The van der Waals surface area contributed by atoms with Gasteiger partial charge < -0.3 is 14.2 Å². The first kappa shape index (κ1) is 15.8. The van der Waals surface area contributed by atoms with Crippen LogP contribution in [0.2, 0.25) is 0 Å². The van der Waals surface area contributed by atoms with Gasteiger partial charge in [-0.2, -0.15) is 0 Å². The number of esters is 1. The van der Waals surface area contributed by atoms with Gasteiger partial charge in [0, 0.05) is 4.90 Å². The molecule has 1 rings (SSSR count). The molecule has 104 valence electrons. The molecule has 0 N–H and O–H groups in total. The van der Waals surface area contributed by atoms with Gasteiger partial charge in [-0.25, -0.2) is 4.79 Å². The van der Waals surface area contributed by atoms with Crippen molar-refractivity contribution in [2.75, 3.05) is 20.8 Å². The van der Waals surface area contributed by atoms with Crippen LogP contribution in [0, 0.1) is 6.92 Å². The summed E-state index contributed by atoms with van der Waals surface area (Å²) < 4.78 is 15.6. The van der Waals surface area contributed by atoms with Crippen molar-refractivity contribution in [3.05, 3.63) is 23.3 Å². The minimum Gasteiger partial charge on any atom is -0.497 e. The van der Waals surface area contributed by atoms with Crippen LogP contribution in [-0.4, -0.2) is 31.2 Å². The fourth-order valence-corrected chi connectivity index (χ4v) is 2.79. The number of hydrogen-bond acceptors (Lipinski definition) is 6. The summed E-state index contributed by atoms with van der Waals surface area (Å²) >= 11 is 6.30. The van der Waals surface area contributed by atoms with Crippen LogP contribution in [0.3, 0.4) is 0 Å². The molecule has 0 saturated carbocycles. The molecule has 0 aromatic heterocycles. The third-order valence-corrected chi connectivity index (χ3v) is 3.55. The lowest BCUT2D eigenvalue weighted by atomic mass is 10.1. The molecule has 4 nitrogen and oxygen atoms in total. The highest BCUT2D eigenvalue weighted by Gasteiger charge is 2.18. The zero-order chi connectivity index (χ0) is 14.4. The molecule has 19 heavy (non-hydrogen) atoms. The first-order chi connectivity index (χ1) is 9.03. The van der Waals surface area contributed by atoms with Gasteiger partial charge in [0.1, 0.15) is 5.75 Å². The fraction of sp³-hybridized carbons (Fsp3) is 0.385. The number of carbonyl (C=O) groups excluding carboxylic acids is 1. The number of ether oxygens (including phenoxy) is 3. The fourth-order valence-electron chi connectivity index (χ4n) is 1.52. The van der Waals surface area contributed by atoms with Crippen molar-refractivity contribution in [1.29, 1.82) is 0 Å². The summed E-state index contributed by atoms with van der Waals surface area (Å²) in [5.74, 6) is 0.258. The topological polar surface area (TPSA) is 44.8 Å². The maximum absolute atomic E-state index is 11.8. The summed E-state index contributed by atoms with van der Waals surface area (Å²) in [6, 6.07) is 3.52. The molecular formula is C13H16O4S2. The molecule has 0 spiro atoms. The summed E-state index contributed by atoms with van der Waals surface area (Å²) in [5, 5.41) is 0. The molecule has 0 aliphatic heterocycles. The number of carbonyl (C=O) groups is 1. The molecule has 0 saturated heterocycles. The first-order valence-corrected chi connectivity index (χ1v) is 6.87. The van der Waals surface area contributed by atoms with E-state index in [1.54, 1.807) is 19.2 Å². The summed E-state index contributed by atoms with van der Waals surface area (Å²) in [6.07, 6.45) is 0. The number of aryl methyl sites for hydroxylation is 1. The van der Waals surface area contributed by atoms with E-state index in [9.17, 15) is 4.79 Å². The second-order valence-corrected chi connectivity index (χ2v) is 5.24. The SMILES string of the molecule is CCOC(=S)Sc1cc(OC)cc(C)c1C(=O)OC. The Morgan fingerprint density at radius 3 is 2.58 bits per heavy atom. The van der Waals surface area contributed by atoms with Gasteiger partial charge in [-0.05, 0) is 55.5 Å². The predicted octanol–water partition coefficient (Wildman–Crippen LogP) is 3.20. The smallest absolute Gasteiger partial charge is 0.339 e. The normalized spacial score (nSPS) is 9.89. The highest BCUT2D eigenvalue weighted by molar-refractivity contribution is 8.22. The van der Waals surface area contributed by atoms with Crippen molar-refractivity contribution < 1.29 is 19.0 Å². The molecule has 0 atom stereocenters. The lowest BCUT2D eigenvalue weighted by molar-refractivity contribution is 0.0596. The van der Waals surface area contributed by atoms with Crippen molar-refractivity contribution in [3.8, 4) is 5.75 Å². The van der Waals surface area contributed by atoms with Gasteiger partial charge in [0.2, 0.25) is 4.38 Å².